The largest absolute Gasteiger partial charge is 0.368 e. The quantitative estimate of drug-likeness (QED) is 0.244. The van der Waals surface area contributed by atoms with Gasteiger partial charge in [-0.25, -0.2) is 23.1 Å². The second kappa shape index (κ2) is 13.4. The van der Waals surface area contributed by atoms with Gasteiger partial charge in [-0.1, -0.05) is 79.5 Å². The van der Waals surface area contributed by atoms with Gasteiger partial charge in [0.2, 0.25) is 17.8 Å². The molecule has 0 radical (unpaired) electrons. The maximum Gasteiger partial charge on any atom is 0.264 e. The molecule has 2 amide bonds. The zero-order valence-electron chi connectivity index (χ0n) is 22.9. The van der Waals surface area contributed by atoms with Crippen molar-refractivity contribution in [2.24, 2.45) is 21.7 Å². The summed E-state index contributed by atoms with van der Waals surface area (Å²) in [5.74, 6) is -2.12. The average molecular weight is 630 g/mol. The number of halogens is 2. The number of amides is 2. The van der Waals surface area contributed by atoms with Gasteiger partial charge in [-0.2, -0.15) is 5.10 Å². The number of guanidine groups is 1. The fourth-order valence-electron chi connectivity index (χ4n) is 4.32. The number of benzene rings is 3. The molecule has 13 heteroatoms. The van der Waals surface area contributed by atoms with Gasteiger partial charge in [0.15, 0.2) is 0 Å². The second-order valence-electron chi connectivity index (χ2n) is 9.92. The van der Waals surface area contributed by atoms with Crippen LogP contribution >= 0.6 is 23.2 Å². The van der Waals surface area contributed by atoms with Crippen LogP contribution in [0.25, 0.3) is 0 Å². The van der Waals surface area contributed by atoms with Gasteiger partial charge < -0.3 is 11.1 Å². The van der Waals surface area contributed by atoms with Gasteiger partial charge in [0, 0.05) is 16.0 Å². The van der Waals surface area contributed by atoms with Gasteiger partial charge in [-0.3, -0.25) is 9.59 Å². The number of nitrogens with zero attached hydrogens (tertiary/aromatic N) is 3. The van der Waals surface area contributed by atoms with Crippen LogP contribution in [0.1, 0.15) is 30.9 Å². The molecule has 220 valence electrons. The maximum atomic E-state index is 13.5. The fourth-order valence-corrected chi connectivity index (χ4v) is 5.58. The molecule has 0 saturated carbocycles. The molecule has 4 rings (SSSR count). The van der Waals surface area contributed by atoms with Crippen LogP contribution in [0.15, 0.2) is 93.9 Å². The van der Waals surface area contributed by atoms with E-state index in [4.69, 9.17) is 34.0 Å². The van der Waals surface area contributed by atoms with Crippen molar-refractivity contribution in [2.75, 3.05) is 13.1 Å². The van der Waals surface area contributed by atoms with E-state index in [-0.39, 0.29) is 35.8 Å². The van der Waals surface area contributed by atoms with Gasteiger partial charge in [0.25, 0.3) is 10.0 Å². The lowest BCUT2D eigenvalue weighted by Gasteiger charge is -2.23. The predicted molar refractivity (Wildman–Crippen MR) is 164 cm³/mol. The van der Waals surface area contributed by atoms with E-state index >= 15 is 0 Å². The first-order valence-electron chi connectivity index (χ1n) is 13.0. The molecule has 1 heterocycles. The molecule has 10 nitrogen and oxygen atoms in total. The minimum absolute atomic E-state index is 0.0559. The summed E-state index contributed by atoms with van der Waals surface area (Å²) in [4.78, 5) is 28.8. The molecule has 0 bridgehead atoms. The molecule has 4 N–H and O–H groups in total. The van der Waals surface area contributed by atoms with E-state index in [0.717, 1.165) is 11.1 Å². The summed E-state index contributed by atoms with van der Waals surface area (Å²) >= 11 is 12.1. The number of hydrazone groups is 1. The third-order valence-electron chi connectivity index (χ3n) is 6.45. The number of rotatable bonds is 9. The third kappa shape index (κ3) is 7.67. The number of carbonyl (C=O) groups is 2. The lowest BCUT2D eigenvalue weighted by atomic mass is 9.91. The Hall–Kier alpha value is -3.93. The van der Waals surface area contributed by atoms with Crippen LogP contribution in [0, 0.1) is 5.92 Å². The zero-order chi connectivity index (χ0) is 30.4. The number of hydrogen-bond acceptors (Lipinski definition) is 6. The Morgan fingerprint density at radius 1 is 1.00 bits per heavy atom. The number of aliphatic imine (C=N–C) groups is 1. The van der Waals surface area contributed by atoms with E-state index in [2.05, 4.69) is 15.0 Å². The van der Waals surface area contributed by atoms with E-state index in [1.54, 1.807) is 26.0 Å². The number of carbonyl (C=O) groups excluding carboxylic acids is 2. The number of sulfonamides is 1. The molecular formula is C29H30Cl2N6O4S. The number of nitrogens with two attached hydrogens (primary N) is 1. The van der Waals surface area contributed by atoms with Gasteiger partial charge in [0.05, 0.1) is 23.7 Å². The molecule has 1 aliphatic rings. The fraction of sp³-hybridized carbons (Fsp3) is 0.241. The Balaban J connectivity index is 1.81. The van der Waals surface area contributed by atoms with Crippen LogP contribution in [0.2, 0.25) is 10.0 Å². The molecule has 0 saturated heterocycles. The number of primary amides is 1. The standard InChI is InChI=1S/C29H30Cl2N6O4S/c1-18(2)26(28(39)33-16-25(32)38)34-29(36-42(40,41)23-14-12-22(31)13-15-23)37-17-24(19-6-4-3-5-7-19)27(35-37)20-8-10-21(30)11-9-20/h3-15,18,24,26H,16-17H2,1-2H3,(H2,32,38)(H,33,39)(H,34,36)/t24?,26-/m0/s1. The van der Waals surface area contributed by atoms with Gasteiger partial charge in [-0.05, 0) is 53.4 Å². The number of nitrogens with one attached hydrogen (secondary N) is 2. The molecule has 0 aromatic heterocycles. The normalized spacial score (nSPS) is 16.2. The van der Waals surface area contributed by atoms with Crippen LogP contribution in [-0.2, 0) is 19.6 Å². The highest BCUT2D eigenvalue weighted by atomic mass is 35.5. The number of hydrogen-bond donors (Lipinski definition) is 3. The maximum absolute atomic E-state index is 13.5. The molecule has 0 aliphatic carbocycles. The predicted octanol–water partition coefficient (Wildman–Crippen LogP) is 3.76. The van der Waals surface area contributed by atoms with Crippen LogP contribution < -0.4 is 15.8 Å². The molecular weight excluding hydrogens is 599 g/mol. The monoisotopic (exact) mass is 628 g/mol. The lowest BCUT2D eigenvalue weighted by molar-refractivity contribution is -0.126. The van der Waals surface area contributed by atoms with Crippen LogP contribution in [0.3, 0.4) is 0 Å². The summed E-state index contributed by atoms with van der Waals surface area (Å²) in [5, 5.41) is 9.63. The summed E-state index contributed by atoms with van der Waals surface area (Å²) in [6.07, 6.45) is 0. The van der Waals surface area contributed by atoms with Crippen LogP contribution in [-0.4, -0.2) is 56.0 Å². The summed E-state index contributed by atoms with van der Waals surface area (Å²) < 4.78 is 29.5. The Kier molecular flexibility index (Phi) is 9.87. The van der Waals surface area contributed by atoms with E-state index in [1.807, 2.05) is 42.5 Å². The first kappa shape index (κ1) is 31.0. The summed E-state index contributed by atoms with van der Waals surface area (Å²) in [6, 6.07) is 21.4. The molecule has 0 spiro atoms. The second-order valence-corrected chi connectivity index (χ2v) is 12.5. The molecule has 3 aromatic carbocycles. The highest BCUT2D eigenvalue weighted by Crippen LogP contribution is 2.30. The molecule has 3 aromatic rings. The van der Waals surface area contributed by atoms with E-state index in [9.17, 15) is 18.0 Å². The first-order valence-corrected chi connectivity index (χ1v) is 15.3. The lowest BCUT2D eigenvalue weighted by Crippen LogP contribution is -2.46. The molecule has 42 heavy (non-hydrogen) atoms. The van der Waals surface area contributed by atoms with Crippen molar-refractivity contribution in [2.45, 2.75) is 30.7 Å². The first-order chi connectivity index (χ1) is 19.9. The third-order valence-corrected chi connectivity index (χ3v) is 8.30. The van der Waals surface area contributed by atoms with Crippen molar-refractivity contribution < 1.29 is 18.0 Å². The van der Waals surface area contributed by atoms with Crippen molar-refractivity contribution in [1.29, 1.82) is 0 Å². The van der Waals surface area contributed by atoms with Crippen molar-refractivity contribution in [3.63, 3.8) is 0 Å². The van der Waals surface area contributed by atoms with E-state index < -0.39 is 27.9 Å². The Bertz CT molecular complexity index is 1600. The zero-order valence-corrected chi connectivity index (χ0v) is 25.2. The Morgan fingerprint density at radius 2 is 1.60 bits per heavy atom. The summed E-state index contributed by atoms with van der Waals surface area (Å²) in [7, 11) is -4.18. The topological polar surface area (TPSA) is 146 Å². The molecule has 2 atom stereocenters. The van der Waals surface area contributed by atoms with Crippen molar-refractivity contribution >= 4 is 56.7 Å². The highest BCUT2D eigenvalue weighted by molar-refractivity contribution is 7.90. The van der Waals surface area contributed by atoms with Gasteiger partial charge in [0.1, 0.15) is 6.04 Å². The van der Waals surface area contributed by atoms with Crippen molar-refractivity contribution in [3.05, 3.63) is 100 Å². The van der Waals surface area contributed by atoms with E-state index in [1.165, 1.54) is 29.3 Å². The smallest absolute Gasteiger partial charge is 0.264 e. The minimum Gasteiger partial charge on any atom is -0.368 e. The summed E-state index contributed by atoms with van der Waals surface area (Å²) in [5.41, 5.74) is 7.60. The average Bonchev–Trinajstić information content (AvgIpc) is 3.40. The Morgan fingerprint density at radius 3 is 2.17 bits per heavy atom. The Labute approximate surface area is 254 Å². The van der Waals surface area contributed by atoms with Crippen LogP contribution in [0.5, 0.6) is 0 Å². The summed E-state index contributed by atoms with van der Waals surface area (Å²) in [6.45, 7) is 3.34. The van der Waals surface area contributed by atoms with Crippen molar-refractivity contribution in [3.8, 4) is 0 Å². The SMILES string of the molecule is CC(C)[C@H](N=C(NS(=O)(=O)c1ccc(Cl)cc1)N1CC(c2ccccc2)C(c2ccc(Cl)cc2)=N1)C(=O)NCC(N)=O. The highest BCUT2D eigenvalue weighted by Gasteiger charge is 2.34. The molecule has 1 aliphatic heterocycles. The van der Waals surface area contributed by atoms with Crippen LogP contribution in [0.4, 0.5) is 0 Å². The minimum atomic E-state index is -4.18. The van der Waals surface area contributed by atoms with E-state index in [0.29, 0.717) is 15.8 Å². The van der Waals surface area contributed by atoms with Gasteiger partial charge in [-0.15, -0.1) is 0 Å². The van der Waals surface area contributed by atoms with Gasteiger partial charge >= 0.3 is 0 Å². The molecule has 0 fully saturated rings. The van der Waals surface area contributed by atoms with Crippen molar-refractivity contribution in [1.82, 2.24) is 15.0 Å². The molecule has 1 unspecified atom stereocenters.